The van der Waals surface area contributed by atoms with Crippen LogP contribution in [-0.2, 0) is 20.8 Å². The van der Waals surface area contributed by atoms with Gasteiger partial charge in [-0.1, -0.05) is 6.07 Å². The van der Waals surface area contributed by atoms with Crippen LogP contribution in [0.25, 0.3) is 11.0 Å². The average molecular weight is 335 g/mol. The van der Waals surface area contributed by atoms with Gasteiger partial charge < -0.3 is 14.5 Å². The molecule has 0 saturated carbocycles. The molecule has 6 nitrogen and oxygen atoms in total. The lowest BCUT2D eigenvalue weighted by molar-refractivity contribution is -0.141. The number of nitrogens with zero attached hydrogens (tertiary/aromatic N) is 2. The van der Waals surface area contributed by atoms with E-state index >= 15 is 0 Å². The maximum absolute atomic E-state index is 13.8. The van der Waals surface area contributed by atoms with E-state index in [4.69, 9.17) is 9.47 Å². The van der Waals surface area contributed by atoms with Crippen molar-refractivity contribution in [1.29, 1.82) is 0 Å². The van der Waals surface area contributed by atoms with Crippen LogP contribution in [0, 0.1) is 5.82 Å². The molecule has 0 radical (unpaired) electrons. The molecule has 0 unspecified atom stereocenters. The van der Waals surface area contributed by atoms with Gasteiger partial charge >= 0.3 is 5.97 Å². The normalized spacial score (nSPS) is 17.7. The van der Waals surface area contributed by atoms with Gasteiger partial charge in [-0.05, 0) is 25.0 Å². The average Bonchev–Trinajstić information content (AvgIpc) is 3.22. The molecular weight excluding hydrogens is 313 g/mol. The van der Waals surface area contributed by atoms with Crippen LogP contribution in [0.2, 0.25) is 0 Å². The molecule has 7 heteroatoms. The van der Waals surface area contributed by atoms with Gasteiger partial charge in [0.1, 0.15) is 11.3 Å². The number of aromatic amines is 1. The summed E-state index contributed by atoms with van der Waals surface area (Å²) >= 11 is 0. The topological polar surface area (TPSA) is 67.5 Å². The molecule has 1 saturated heterocycles. The third-order valence-electron chi connectivity index (χ3n) is 4.23. The molecule has 0 bridgehead atoms. The fourth-order valence-corrected chi connectivity index (χ4v) is 3.00. The van der Waals surface area contributed by atoms with Crippen molar-refractivity contribution in [3.05, 3.63) is 29.8 Å². The first-order valence-corrected chi connectivity index (χ1v) is 8.19. The van der Waals surface area contributed by atoms with Crippen molar-refractivity contribution in [2.45, 2.75) is 31.9 Å². The minimum atomic E-state index is -0.338. The summed E-state index contributed by atoms with van der Waals surface area (Å²) in [5.74, 6) is 0.0937. The fourth-order valence-electron chi connectivity index (χ4n) is 3.00. The lowest BCUT2D eigenvalue weighted by Gasteiger charge is -2.23. The van der Waals surface area contributed by atoms with Crippen molar-refractivity contribution < 1.29 is 18.7 Å². The van der Waals surface area contributed by atoms with Gasteiger partial charge in [0.05, 0.1) is 31.7 Å². The first-order chi connectivity index (χ1) is 11.7. The molecule has 1 atom stereocenters. The maximum Gasteiger partial charge on any atom is 0.306 e. The number of rotatable bonds is 7. The lowest BCUT2D eigenvalue weighted by Crippen LogP contribution is -2.34. The number of carbonyl (C=O) groups excluding carboxylic acids is 1. The number of aromatic nitrogens is 2. The zero-order valence-electron chi connectivity index (χ0n) is 13.8. The summed E-state index contributed by atoms with van der Waals surface area (Å²) in [7, 11) is 1.38. The number of para-hydroxylation sites is 1. The minimum Gasteiger partial charge on any atom is -0.469 e. The number of methoxy groups -OCH3 is 1. The number of fused-ring (bicyclic) bond motifs is 1. The molecule has 2 heterocycles. The number of esters is 1. The second kappa shape index (κ2) is 7.72. The summed E-state index contributed by atoms with van der Waals surface area (Å²) in [5.41, 5.74) is 1.02. The van der Waals surface area contributed by atoms with E-state index < -0.39 is 0 Å². The summed E-state index contributed by atoms with van der Waals surface area (Å²) in [4.78, 5) is 21.0. The molecule has 0 aliphatic carbocycles. The molecule has 0 amide bonds. The smallest absolute Gasteiger partial charge is 0.306 e. The number of ether oxygens (including phenoxy) is 2. The van der Waals surface area contributed by atoms with Gasteiger partial charge in [0.15, 0.2) is 5.82 Å². The van der Waals surface area contributed by atoms with Gasteiger partial charge in [0.2, 0.25) is 0 Å². The van der Waals surface area contributed by atoms with Crippen molar-refractivity contribution in [1.82, 2.24) is 14.9 Å². The predicted octanol–water partition coefficient (Wildman–Crippen LogP) is 2.25. The van der Waals surface area contributed by atoms with Crippen LogP contribution < -0.4 is 0 Å². The molecule has 1 aliphatic heterocycles. The quantitative estimate of drug-likeness (QED) is 0.786. The van der Waals surface area contributed by atoms with E-state index in [1.165, 1.54) is 13.2 Å². The van der Waals surface area contributed by atoms with Crippen molar-refractivity contribution in [3.63, 3.8) is 0 Å². The van der Waals surface area contributed by atoms with Crippen molar-refractivity contribution >= 4 is 17.0 Å². The van der Waals surface area contributed by atoms with Crippen LogP contribution in [0.5, 0.6) is 0 Å². The molecule has 1 aromatic carbocycles. The summed E-state index contributed by atoms with van der Waals surface area (Å²) in [6, 6.07) is 4.85. The van der Waals surface area contributed by atoms with Crippen LogP contribution in [0.1, 0.15) is 25.1 Å². The zero-order chi connectivity index (χ0) is 16.9. The fraction of sp³-hybridized carbons (Fsp3) is 0.529. The zero-order valence-corrected chi connectivity index (χ0v) is 13.8. The molecule has 2 aromatic rings. The third kappa shape index (κ3) is 4.10. The van der Waals surface area contributed by atoms with E-state index in [-0.39, 0.29) is 17.9 Å². The van der Waals surface area contributed by atoms with E-state index in [1.54, 1.807) is 12.1 Å². The Bertz CT molecular complexity index is 697. The molecule has 1 aromatic heterocycles. The van der Waals surface area contributed by atoms with E-state index in [2.05, 4.69) is 14.9 Å². The first-order valence-electron chi connectivity index (χ1n) is 8.19. The first kappa shape index (κ1) is 16.9. The van der Waals surface area contributed by atoms with Crippen LogP contribution in [0.4, 0.5) is 4.39 Å². The second-order valence-corrected chi connectivity index (χ2v) is 6.02. The largest absolute Gasteiger partial charge is 0.469 e. The number of hydrogen-bond donors (Lipinski definition) is 1. The number of benzene rings is 1. The van der Waals surface area contributed by atoms with Crippen LogP contribution >= 0.6 is 0 Å². The Morgan fingerprint density at radius 3 is 3.12 bits per heavy atom. The highest BCUT2D eigenvalue weighted by Gasteiger charge is 2.21. The Hall–Kier alpha value is -1.99. The number of imidazole rings is 1. The molecule has 0 spiro atoms. The summed E-state index contributed by atoms with van der Waals surface area (Å²) < 4.78 is 24.2. The van der Waals surface area contributed by atoms with Gasteiger partial charge in [-0.2, -0.15) is 0 Å². The molecule has 1 fully saturated rings. The van der Waals surface area contributed by atoms with E-state index in [1.807, 2.05) is 0 Å². The maximum atomic E-state index is 13.8. The minimum absolute atomic E-state index is 0.170. The van der Waals surface area contributed by atoms with Crippen LogP contribution in [0.3, 0.4) is 0 Å². The van der Waals surface area contributed by atoms with Crippen molar-refractivity contribution in [2.75, 3.05) is 26.8 Å². The predicted molar refractivity (Wildman–Crippen MR) is 86.9 cm³/mol. The molecule has 24 heavy (non-hydrogen) atoms. The van der Waals surface area contributed by atoms with Gasteiger partial charge in [-0.15, -0.1) is 0 Å². The highest BCUT2D eigenvalue weighted by Crippen LogP contribution is 2.18. The van der Waals surface area contributed by atoms with E-state index in [0.29, 0.717) is 36.4 Å². The molecule has 1 N–H and O–H groups in total. The molecular formula is C17H22FN3O3. The second-order valence-electron chi connectivity index (χ2n) is 6.02. The number of carbonyl (C=O) groups is 1. The lowest BCUT2D eigenvalue weighted by atomic mass is 10.2. The highest BCUT2D eigenvalue weighted by molar-refractivity contribution is 5.75. The molecule has 1 aliphatic rings. The number of nitrogens with one attached hydrogen (secondary N) is 1. The Morgan fingerprint density at radius 1 is 1.54 bits per heavy atom. The summed E-state index contributed by atoms with van der Waals surface area (Å²) in [5, 5.41) is 0. The highest BCUT2D eigenvalue weighted by atomic mass is 19.1. The number of H-pyrrole nitrogens is 1. The van der Waals surface area contributed by atoms with Gasteiger partial charge in [0, 0.05) is 19.7 Å². The number of halogens is 1. The van der Waals surface area contributed by atoms with Gasteiger partial charge in [-0.3, -0.25) is 9.69 Å². The van der Waals surface area contributed by atoms with E-state index in [0.717, 1.165) is 26.0 Å². The SMILES string of the molecule is COC(=O)CCN(Cc1nc2c(F)cccc2[nH]1)C[C@H]1CCCO1. The monoisotopic (exact) mass is 335 g/mol. The van der Waals surface area contributed by atoms with E-state index in [9.17, 15) is 9.18 Å². The van der Waals surface area contributed by atoms with Crippen molar-refractivity contribution in [3.8, 4) is 0 Å². The van der Waals surface area contributed by atoms with Crippen LogP contribution in [-0.4, -0.2) is 53.7 Å². The standard InChI is InChI=1S/C17H22FN3O3/c1-23-16(22)7-8-21(10-12-4-3-9-24-12)11-15-19-14-6-2-5-13(18)17(14)20-15/h2,5-6,12H,3-4,7-11H2,1H3,(H,19,20)/t12-/m1/s1. The third-order valence-corrected chi connectivity index (χ3v) is 4.23. The molecule has 3 rings (SSSR count). The van der Waals surface area contributed by atoms with Crippen molar-refractivity contribution in [2.24, 2.45) is 0 Å². The summed E-state index contributed by atoms with van der Waals surface area (Å²) in [6.45, 7) is 2.55. The molecule has 130 valence electrons. The van der Waals surface area contributed by atoms with Crippen LogP contribution in [0.15, 0.2) is 18.2 Å². The Labute approximate surface area is 139 Å². The number of hydrogen-bond acceptors (Lipinski definition) is 5. The Balaban J connectivity index is 1.70. The van der Waals surface area contributed by atoms with Gasteiger partial charge in [-0.25, -0.2) is 9.37 Å². The van der Waals surface area contributed by atoms with Gasteiger partial charge in [0.25, 0.3) is 0 Å². The summed E-state index contributed by atoms with van der Waals surface area (Å²) in [6.07, 6.45) is 2.55. The Morgan fingerprint density at radius 2 is 2.42 bits per heavy atom. The Kier molecular flexibility index (Phi) is 5.42.